The van der Waals surface area contributed by atoms with E-state index in [-0.39, 0.29) is 25.0 Å². The van der Waals surface area contributed by atoms with Crippen LogP contribution in [-0.2, 0) is 28.6 Å². The van der Waals surface area contributed by atoms with Crippen molar-refractivity contribution in [2.24, 2.45) is 0 Å². The molecule has 0 rings (SSSR count). The van der Waals surface area contributed by atoms with Gasteiger partial charge >= 0.3 is 17.9 Å². The van der Waals surface area contributed by atoms with Crippen LogP contribution in [0.2, 0.25) is 0 Å². The van der Waals surface area contributed by atoms with Gasteiger partial charge in [-0.2, -0.15) is 0 Å². The Kier molecular flexibility index (Phi) is 13.1. The Morgan fingerprint density at radius 2 is 1.39 bits per heavy atom. The summed E-state index contributed by atoms with van der Waals surface area (Å²) < 4.78 is 15.3. The maximum absolute atomic E-state index is 11.7. The van der Waals surface area contributed by atoms with Crippen LogP contribution in [-0.4, -0.2) is 37.2 Å². The highest BCUT2D eigenvalue weighted by atomic mass is 16.6. The molecule has 1 atom stereocenters. The molecular weight excluding hydrogens is 300 g/mol. The van der Waals surface area contributed by atoms with Crippen LogP contribution in [0.25, 0.3) is 0 Å². The van der Waals surface area contributed by atoms with Gasteiger partial charge in [-0.3, -0.25) is 14.4 Å². The van der Waals surface area contributed by atoms with Crippen LogP contribution in [0.3, 0.4) is 0 Å². The van der Waals surface area contributed by atoms with E-state index in [0.29, 0.717) is 19.4 Å². The molecule has 0 saturated carbocycles. The molecule has 6 nitrogen and oxygen atoms in total. The molecule has 0 N–H and O–H groups in total. The summed E-state index contributed by atoms with van der Waals surface area (Å²) in [5.74, 6) is -1.18. The van der Waals surface area contributed by atoms with Gasteiger partial charge in [0.2, 0.25) is 0 Å². The highest BCUT2D eigenvalue weighted by Crippen LogP contribution is 2.08. The molecule has 0 amide bonds. The number of hydrogen-bond donors (Lipinski definition) is 0. The Labute approximate surface area is 138 Å². The van der Waals surface area contributed by atoms with E-state index in [1.165, 1.54) is 0 Å². The van der Waals surface area contributed by atoms with Crippen LogP contribution in [0.5, 0.6) is 0 Å². The van der Waals surface area contributed by atoms with Crippen LogP contribution >= 0.6 is 0 Å². The zero-order valence-electron chi connectivity index (χ0n) is 14.6. The lowest BCUT2D eigenvalue weighted by Crippen LogP contribution is -2.28. The van der Waals surface area contributed by atoms with Crippen molar-refractivity contribution in [3.8, 4) is 0 Å². The smallest absolute Gasteiger partial charge is 0.309 e. The van der Waals surface area contributed by atoms with Crippen molar-refractivity contribution in [3.05, 3.63) is 0 Å². The molecule has 0 bridgehead atoms. The molecule has 0 saturated heterocycles. The molecule has 0 radical (unpaired) electrons. The van der Waals surface area contributed by atoms with Crippen LogP contribution in [0.1, 0.15) is 72.1 Å². The lowest BCUT2D eigenvalue weighted by molar-refractivity contribution is -0.164. The first kappa shape index (κ1) is 21.4. The first-order valence-electron chi connectivity index (χ1n) is 8.54. The molecular formula is C17H30O6. The second-order valence-electron chi connectivity index (χ2n) is 5.43. The van der Waals surface area contributed by atoms with Crippen LogP contribution in [0.15, 0.2) is 0 Å². The van der Waals surface area contributed by atoms with Gasteiger partial charge in [0, 0.05) is 12.8 Å². The summed E-state index contributed by atoms with van der Waals surface area (Å²) in [4.78, 5) is 34.9. The fourth-order valence-electron chi connectivity index (χ4n) is 1.74. The molecule has 0 fully saturated rings. The second-order valence-corrected chi connectivity index (χ2v) is 5.43. The third-order valence-electron chi connectivity index (χ3n) is 3.06. The predicted molar refractivity (Wildman–Crippen MR) is 85.8 cm³/mol. The van der Waals surface area contributed by atoms with Gasteiger partial charge in [-0.1, -0.05) is 33.6 Å². The van der Waals surface area contributed by atoms with E-state index >= 15 is 0 Å². The van der Waals surface area contributed by atoms with Crippen LogP contribution in [0, 0.1) is 0 Å². The van der Waals surface area contributed by atoms with Crippen LogP contribution in [0.4, 0.5) is 0 Å². The molecule has 0 aliphatic rings. The average molecular weight is 330 g/mol. The number of rotatable bonds is 13. The maximum Gasteiger partial charge on any atom is 0.309 e. The standard InChI is InChI=1S/C17H30O6/c1-4-7-9-15(18)22-13-14(12-17(20)21-11-6-3)23-16(19)10-8-5-2/h14H,4-13H2,1-3H3. The number of esters is 3. The Bertz CT molecular complexity index is 331. The summed E-state index contributed by atoms with van der Waals surface area (Å²) in [6.45, 7) is 6.07. The second kappa shape index (κ2) is 14.0. The van der Waals surface area contributed by atoms with Crippen LogP contribution < -0.4 is 0 Å². The van der Waals surface area contributed by atoms with Crippen molar-refractivity contribution < 1.29 is 28.6 Å². The van der Waals surface area contributed by atoms with E-state index in [4.69, 9.17) is 14.2 Å². The van der Waals surface area contributed by atoms with E-state index < -0.39 is 12.1 Å². The van der Waals surface area contributed by atoms with E-state index in [9.17, 15) is 14.4 Å². The summed E-state index contributed by atoms with van der Waals surface area (Å²) in [6, 6.07) is 0. The zero-order chi connectivity index (χ0) is 17.5. The lowest BCUT2D eigenvalue weighted by atomic mass is 10.2. The molecule has 0 aliphatic carbocycles. The maximum atomic E-state index is 11.7. The molecule has 0 aromatic carbocycles. The van der Waals surface area contributed by atoms with Crippen molar-refractivity contribution in [1.82, 2.24) is 0 Å². The molecule has 1 unspecified atom stereocenters. The minimum Gasteiger partial charge on any atom is -0.466 e. The third-order valence-corrected chi connectivity index (χ3v) is 3.06. The topological polar surface area (TPSA) is 78.9 Å². The average Bonchev–Trinajstić information content (AvgIpc) is 2.53. The zero-order valence-corrected chi connectivity index (χ0v) is 14.6. The highest BCUT2D eigenvalue weighted by molar-refractivity contribution is 5.73. The van der Waals surface area contributed by atoms with Gasteiger partial charge in [-0.25, -0.2) is 0 Å². The van der Waals surface area contributed by atoms with Gasteiger partial charge in [-0.15, -0.1) is 0 Å². The molecule has 6 heteroatoms. The molecule has 23 heavy (non-hydrogen) atoms. The van der Waals surface area contributed by atoms with Crippen molar-refractivity contribution in [3.63, 3.8) is 0 Å². The fourth-order valence-corrected chi connectivity index (χ4v) is 1.74. The molecule has 0 aromatic heterocycles. The van der Waals surface area contributed by atoms with Gasteiger partial charge in [0.05, 0.1) is 13.0 Å². The largest absolute Gasteiger partial charge is 0.466 e. The minimum absolute atomic E-state index is 0.0983. The molecule has 0 aromatic rings. The van der Waals surface area contributed by atoms with Crippen molar-refractivity contribution >= 4 is 17.9 Å². The Morgan fingerprint density at radius 1 is 0.783 bits per heavy atom. The van der Waals surface area contributed by atoms with Gasteiger partial charge in [0.25, 0.3) is 0 Å². The fraction of sp³-hybridized carbons (Fsp3) is 0.824. The first-order valence-corrected chi connectivity index (χ1v) is 8.54. The number of hydrogen-bond acceptors (Lipinski definition) is 6. The van der Waals surface area contributed by atoms with E-state index in [1.54, 1.807) is 0 Å². The molecule has 0 spiro atoms. The van der Waals surface area contributed by atoms with Gasteiger partial charge in [0.1, 0.15) is 12.7 Å². The highest BCUT2D eigenvalue weighted by Gasteiger charge is 2.21. The normalized spacial score (nSPS) is 11.6. The monoisotopic (exact) mass is 330 g/mol. The van der Waals surface area contributed by atoms with Gasteiger partial charge in [0.15, 0.2) is 0 Å². The summed E-state index contributed by atoms with van der Waals surface area (Å²) in [6.07, 6.45) is 3.71. The van der Waals surface area contributed by atoms with E-state index in [2.05, 4.69) is 0 Å². The van der Waals surface area contributed by atoms with Crippen molar-refractivity contribution in [2.75, 3.05) is 13.2 Å². The van der Waals surface area contributed by atoms with Gasteiger partial charge in [-0.05, 0) is 19.3 Å². The number of carbonyl (C=O) groups excluding carboxylic acids is 3. The van der Waals surface area contributed by atoms with E-state index in [0.717, 1.165) is 32.1 Å². The quantitative estimate of drug-likeness (QED) is 0.381. The van der Waals surface area contributed by atoms with Crippen molar-refractivity contribution in [1.29, 1.82) is 0 Å². The summed E-state index contributed by atoms with van der Waals surface area (Å²) in [5, 5.41) is 0. The molecule has 0 heterocycles. The molecule has 134 valence electrons. The predicted octanol–water partition coefficient (Wildman–Crippen LogP) is 3.17. The van der Waals surface area contributed by atoms with Crippen molar-refractivity contribution in [2.45, 2.75) is 78.2 Å². The Balaban J connectivity index is 4.38. The summed E-state index contributed by atoms with van der Waals surface area (Å²) in [5.41, 5.74) is 0. The van der Waals surface area contributed by atoms with Gasteiger partial charge < -0.3 is 14.2 Å². The lowest BCUT2D eigenvalue weighted by Gasteiger charge is -2.17. The third kappa shape index (κ3) is 12.6. The SMILES string of the molecule is CCCCC(=O)OCC(CC(=O)OCCC)OC(=O)CCCC. The number of carbonyl (C=O) groups is 3. The first-order chi connectivity index (χ1) is 11.0. The summed E-state index contributed by atoms with van der Waals surface area (Å²) in [7, 11) is 0. The minimum atomic E-state index is -0.783. The van der Waals surface area contributed by atoms with E-state index in [1.807, 2.05) is 20.8 Å². The number of unbranched alkanes of at least 4 members (excludes halogenated alkanes) is 2. The molecule has 0 aliphatic heterocycles. The number of ether oxygens (including phenoxy) is 3. The Morgan fingerprint density at radius 3 is 1.96 bits per heavy atom. The Hall–Kier alpha value is -1.59. The summed E-state index contributed by atoms with van der Waals surface area (Å²) >= 11 is 0.